The van der Waals surface area contributed by atoms with Gasteiger partial charge in [-0.25, -0.2) is 0 Å². The van der Waals surface area contributed by atoms with Gasteiger partial charge in [0.05, 0.1) is 18.1 Å². The molecule has 0 aromatic heterocycles. The lowest BCUT2D eigenvalue weighted by Gasteiger charge is -2.45. The number of rotatable bonds is 11. The Morgan fingerprint density at radius 1 is 1.35 bits per heavy atom. The molecule has 0 aliphatic carbocycles. The zero-order valence-electron chi connectivity index (χ0n) is 18.7. The molecule has 3 atom stereocenters. The molecule has 2 rings (SSSR count). The number of hydrogen-bond donors (Lipinski definition) is 1. The maximum absolute atomic E-state index is 13.4. The Labute approximate surface area is 189 Å². The third kappa shape index (κ3) is 6.68. The van der Waals surface area contributed by atoms with Crippen molar-refractivity contribution in [2.24, 2.45) is 5.92 Å². The number of carbonyl (C=O) groups excluding carboxylic acids is 2. The van der Waals surface area contributed by atoms with Gasteiger partial charge in [0.25, 0.3) is 0 Å². The van der Waals surface area contributed by atoms with Crippen molar-refractivity contribution in [3.63, 3.8) is 0 Å². The van der Waals surface area contributed by atoms with E-state index in [2.05, 4.69) is 0 Å². The molecular weight excluding hydrogens is 420 g/mol. The summed E-state index contributed by atoms with van der Waals surface area (Å²) >= 11 is 6.05. The third-order valence-corrected chi connectivity index (χ3v) is 6.25. The first-order valence-corrected chi connectivity index (χ1v) is 11.0. The summed E-state index contributed by atoms with van der Waals surface area (Å²) in [6.07, 6.45) is 2.40. The molecule has 0 bridgehead atoms. The number of ether oxygens (including phenoxy) is 1. The van der Waals surface area contributed by atoms with Crippen LogP contribution in [0.4, 0.5) is 0 Å². The molecule has 172 valence electrons. The summed E-state index contributed by atoms with van der Waals surface area (Å²) in [6.45, 7) is 6.51. The number of carbonyl (C=O) groups is 3. The monoisotopic (exact) mass is 452 g/mol. The van der Waals surface area contributed by atoms with Gasteiger partial charge in [0, 0.05) is 37.2 Å². The van der Waals surface area contributed by atoms with Gasteiger partial charge in [-0.2, -0.15) is 0 Å². The number of hydrogen-bond acceptors (Lipinski definition) is 4. The molecule has 1 aliphatic rings. The summed E-state index contributed by atoms with van der Waals surface area (Å²) in [5, 5.41) is 9.88. The normalized spacial score (nSPS) is 20.4. The maximum atomic E-state index is 13.4. The van der Waals surface area contributed by atoms with Crippen molar-refractivity contribution >= 4 is 29.9 Å². The number of carboxylic acid groups (broad SMARTS) is 1. The fourth-order valence-electron chi connectivity index (χ4n) is 4.22. The molecule has 1 aliphatic heterocycles. The van der Waals surface area contributed by atoms with Crippen molar-refractivity contribution in [3.05, 3.63) is 34.9 Å². The molecular formula is C23H33ClN2O5. The molecule has 2 amide bonds. The second kappa shape index (κ2) is 11.0. The number of nitrogens with zero attached hydrogens (tertiary/aromatic N) is 2. The zero-order chi connectivity index (χ0) is 23.2. The maximum Gasteiger partial charge on any atom is 0.304 e. The number of likely N-dealkylation sites (tertiary alicyclic amines) is 1. The van der Waals surface area contributed by atoms with Crippen LogP contribution in [-0.2, 0) is 19.1 Å². The number of piperidine rings is 1. The smallest absolute Gasteiger partial charge is 0.304 e. The minimum atomic E-state index is -0.979. The van der Waals surface area contributed by atoms with Crippen molar-refractivity contribution in [3.8, 4) is 0 Å². The van der Waals surface area contributed by atoms with Gasteiger partial charge in [-0.05, 0) is 50.8 Å². The highest BCUT2D eigenvalue weighted by molar-refractivity contribution is 6.30. The van der Waals surface area contributed by atoms with Gasteiger partial charge in [0.2, 0.25) is 12.3 Å². The topological polar surface area (TPSA) is 87.2 Å². The predicted octanol–water partition coefficient (Wildman–Crippen LogP) is 3.76. The molecule has 1 heterocycles. The summed E-state index contributed by atoms with van der Waals surface area (Å²) in [7, 11) is 1.60. The van der Waals surface area contributed by atoms with Crippen LogP contribution >= 0.6 is 11.6 Å². The molecule has 31 heavy (non-hydrogen) atoms. The highest BCUT2D eigenvalue weighted by atomic mass is 35.5. The number of carboxylic acids is 1. The van der Waals surface area contributed by atoms with E-state index in [1.165, 1.54) is 0 Å². The molecule has 1 saturated heterocycles. The number of methoxy groups -OCH3 is 1. The second-order valence-electron chi connectivity index (χ2n) is 8.75. The first-order chi connectivity index (χ1) is 14.6. The minimum absolute atomic E-state index is 0.169. The largest absolute Gasteiger partial charge is 0.481 e. The van der Waals surface area contributed by atoms with E-state index in [1.807, 2.05) is 32.9 Å². The van der Waals surface area contributed by atoms with Gasteiger partial charge in [0.15, 0.2) is 0 Å². The van der Waals surface area contributed by atoms with Crippen LogP contribution in [0.15, 0.2) is 24.3 Å². The first-order valence-electron chi connectivity index (χ1n) is 10.7. The van der Waals surface area contributed by atoms with Crippen LogP contribution in [0.1, 0.15) is 58.1 Å². The number of halogens is 1. The van der Waals surface area contributed by atoms with Gasteiger partial charge >= 0.3 is 5.97 Å². The van der Waals surface area contributed by atoms with Gasteiger partial charge in [0.1, 0.15) is 0 Å². The van der Waals surface area contributed by atoms with Crippen LogP contribution in [0, 0.1) is 5.92 Å². The summed E-state index contributed by atoms with van der Waals surface area (Å²) in [5.41, 5.74) is 0.437. The van der Waals surface area contributed by atoms with Crippen LogP contribution < -0.4 is 0 Å². The van der Waals surface area contributed by atoms with E-state index < -0.39 is 17.5 Å². The lowest BCUT2D eigenvalue weighted by atomic mass is 9.85. The van der Waals surface area contributed by atoms with E-state index in [4.69, 9.17) is 16.3 Å². The molecule has 1 aromatic carbocycles. The molecule has 8 heteroatoms. The predicted molar refractivity (Wildman–Crippen MR) is 119 cm³/mol. The van der Waals surface area contributed by atoms with E-state index in [0.29, 0.717) is 37.4 Å². The minimum Gasteiger partial charge on any atom is -0.481 e. The van der Waals surface area contributed by atoms with Crippen LogP contribution in [0.25, 0.3) is 0 Å². The second-order valence-corrected chi connectivity index (χ2v) is 9.18. The van der Waals surface area contributed by atoms with Crippen molar-refractivity contribution < 1.29 is 24.2 Å². The van der Waals surface area contributed by atoms with Gasteiger partial charge < -0.3 is 19.6 Å². The van der Waals surface area contributed by atoms with Crippen molar-refractivity contribution in [1.82, 2.24) is 9.80 Å². The van der Waals surface area contributed by atoms with Crippen molar-refractivity contribution in [2.75, 3.05) is 20.2 Å². The lowest BCUT2D eigenvalue weighted by molar-refractivity contribution is -0.152. The number of benzene rings is 1. The third-order valence-electron chi connectivity index (χ3n) is 6.00. The Balaban J connectivity index is 2.35. The fraction of sp³-hybridized carbons (Fsp3) is 0.609. The Morgan fingerprint density at radius 3 is 2.52 bits per heavy atom. The summed E-state index contributed by atoms with van der Waals surface area (Å²) < 4.78 is 5.46. The summed E-state index contributed by atoms with van der Waals surface area (Å²) in [4.78, 5) is 40.0. The van der Waals surface area contributed by atoms with Crippen LogP contribution in [0.3, 0.4) is 0 Å². The molecule has 0 saturated carbocycles. The Hall–Kier alpha value is -2.12. The lowest BCUT2D eigenvalue weighted by Crippen LogP contribution is -2.54. The molecule has 3 unspecified atom stereocenters. The van der Waals surface area contributed by atoms with Crippen LogP contribution in [0.2, 0.25) is 5.02 Å². The SMILES string of the molecule is CCC(CN(C=O)CC(C)(C)OC)N1C(=O)C(CC(=O)O)CCC1c1ccc(Cl)cc1. The van der Waals surface area contributed by atoms with E-state index in [1.54, 1.807) is 29.0 Å². The van der Waals surface area contributed by atoms with E-state index >= 15 is 0 Å². The van der Waals surface area contributed by atoms with Gasteiger partial charge in [-0.3, -0.25) is 14.4 Å². The van der Waals surface area contributed by atoms with Gasteiger partial charge in [-0.15, -0.1) is 0 Å². The molecule has 1 aromatic rings. The van der Waals surface area contributed by atoms with E-state index in [9.17, 15) is 19.5 Å². The van der Waals surface area contributed by atoms with Crippen LogP contribution in [0.5, 0.6) is 0 Å². The van der Waals surface area contributed by atoms with E-state index in [-0.39, 0.29) is 24.4 Å². The number of aliphatic carboxylic acids is 1. The average Bonchev–Trinajstić information content (AvgIpc) is 2.73. The standard InChI is InChI=1S/C23H33ClN2O5/c1-5-19(13-25(15-27)14-23(2,3)31-4)26-20(16-6-9-18(24)10-7-16)11-8-17(22(26)30)12-21(28)29/h6-7,9-10,15,17,19-20H,5,8,11-14H2,1-4H3,(H,28,29). The number of amides is 2. The van der Waals surface area contributed by atoms with Crippen molar-refractivity contribution in [2.45, 2.75) is 64.1 Å². The summed E-state index contributed by atoms with van der Waals surface area (Å²) in [5.74, 6) is -1.71. The fourth-order valence-corrected chi connectivity index (χ4v) is 4.34. The first kappa shape index (κ1) is 25.1. The van der Waals surface area contributed by atoms with Gasteiger partial charge in [-0.1, -0.05) is 30.7 Å². The molecule has 0 spiro atoms. The Kier molecular flexibility index (Phi) is 8.89. The molecule has 1 fully saturated rings. The average molecular weight is 453 g/mol. The Morgan fingerprint density at radius 2 is 2.00 bits per heavy atom. The van der Waals surface area contributed by atoms with Crippen LogP contribution in [-0.4, -0.2) is 65.0 Å². The highest BCUT2D eigenvalue weighted by Gasteiger charge is 2.40. The highest BCUT2D eigenvalue weighted by Crippen LogP contribution is 2.38. The molecule has 1 N–H and O–H groups in total. The van der Waals surface area contributed by atoms with Crippen molar-refractivity contribution in [1.29, 1.82) is 0 Å². The van der Waals surface area contributed by atoms with E-state index in [0.717, 1.165) is 12.0 Å². The Bertz CT molecular complexity index is 768. The quantitative estimate of drug-likeness (QED) is 0.516. The molecule has 7 nitrogen and oxygen atoms in total. The zero-order valence-corrected chi connectivity index (χ0v) is 19.5. The molecule has 0 radical (unpaired) electrons. The summed E-state index contributed by atoms with van der Waals surface area (Å²) in [6, 6.07) is 6.96.